The van der Waals surface area contributed by atoms with E-state index in [0.717, 1.165) is 37.1 Å². The first-order chi connectivity index (χ1) is 14.3. The van der Waals surface area contributed by atoms with Crippen LogP contribution in [0.4, 0.5) is 8.78 Å². The van der Waals surface area contributed by atoms with Gasteiger partial charge in [0.15, 0.2) is 12.4 Å². The molecule has 1 aliphatic carbocycles. The summed E-state index contributed by atoms with van der Waals surface area (Å²) in [6.07, 6.45) is 6.01. The van der Waals surface area contributed by atoms with E-state index in [1.807, 2.05) is 12.1 Å². The highest BCUT2D eigenvalue weighted by Gasteiger charge is 2.26. The maximum atomic E-state index is 12.5. The highest BCUT2D eigenvalue weighted by atomic mass is 32.2. The number of carbonyl (C=O) groups excluding carboxylic acids is 2. The van der Waals surface area contributed by atoms with Crippen molar-refractivity contribution in [1.82, 2.24) is 0 Å². The Morgan fingerprint density at radius 3 is 2.03 bits per heavy atom. The van der Waals surface area contributed by atoms with E-state index in [9.17, 15) is 26.8 Å². The Morgan fingerprint density at radius 2 is 1.47 bits per heavy atom. The summed E-state index contributed by atoms with van der Waals surface area (Å²) in [5.41, 5.74) is 1.60. The van der Waals surface area contributed by atoms with Crippen molar-refractivity contribution in [2.75, 3.05) is 6.61 Å². The zero-order valence-electron chi connectivity index (χ0n) is 16.2. The van der Waals surface area contributed by atoms with Gasteiger partial charge in [0.2, 0.25) is 9.84 Å². The van der Waals surface area contributed by atoms with E-state index in [2.05, 4.69) is 0 Å². The summed E-state index contributed by atoms with van der Waals surface area (Å²) >= 11 is 0. The van der Waals surface area contributed by atoms with Gasteiger partial charge >= 0.3 is 11.7 Å². The molecule has 2 aromatic carbocycles. The Hall–Kier alpha value is -2.61. The molecular formula is C22H22F2O5S. The first kappa shape index (κ1) is 22.1. The number of ether oxygens (including phenoxy) is 1. The number of Topliss-reactive ketones (excluding diaryl/α,β-unsaturated/α-hetero) is 1. The summed E-state index contributed by atoms with van der Waals surface area (Å²) in [5.74, 6) is -4.23. The Bertz CT molecular complexity index is 993. The second-order valence-electron chi connectivity index (χ2n) is 7.29. The molecular weight excluding hydrogens is 414 g/mol. The Morgan fingerprint density at radius 1 is 0.900 bits per heavy atom. The minimum Gasteiger partial charge on any atom is -0.454 e. The van der Waals surface area contributed by atoms with E-state index >= 15 is 0 Å². The zero-order chi connectivity index (χ0) is 21.7. The van der Waals surface area contributed by atoms with E-state index in [4.69, 9.17) is 4.74 Å². The van der Waals surface area contributed by atoms with Gasteiger partial charge in [0.25, 0.3) is 0 Å². The highest BCUT2D eigenvalue weighted by Crippen LogP contribution is 2.32. The number of hydrogen-bond acceptors (Lipinski definition) is 5. The summed E-state index contributed by atoms with van der Waals surface area (Å²) in [4.78, 5) is 23.8. The minimum atomic E-state index is -4.73. The average Bonchev–Trinajstić information content (AvgIpc) is 2.78. The van der Waals surface area contributed by atoms with Crippen LogP contribution in [0.25, 0.3) is 0 Å². The van der Waals surface area contributed by atoms with Crippen molar-refractivity contribution in [3.63, 3.8) is 0 Å². The van der Waals surface area contributed by atoms with Crippen molar-refractivity contribution in [2.24, 2.45) is 0 Å². The third-order valence-corrected chi connectivity index (χ3v) is 6.70. The number of ketones is 1. The van der Waals surface area contributed by atoms with Gasteiger partial charge in [-0.25, -0.2) is 13.2 Å². The normalized spacial score (nSPS) is 15.2. The first-order valence-electron chi connectivity index (χ1n) is 9.71. The van der Waals surface area contributed by atoms with Crippen LogP contribution < -0.4 is 0 Å². The van der Waals surface area contributed by atoms with E-state index < -0.39 is 33.1 Å². The van der Waals surface area contributed by atoms with Gasteiger partial charge in [-0.1, -0.05) is 43.5 Å². The molecule has 0 spiro atoms. The molecule has 0 radical (unpaired) electrons. The number of carbonyl (C=O) groups is 2. The third kappa shape index (κ3) is 5.11. The number of rotatable bonds is 7. The SMILES string of the molecule is O=C(COC(=O)c1ccc(S(=O)(=O)C(F)F)cc1)c1ccc(C2CCCCC2)cc1. The fourth-order valence-corrected chi connectivity index (χ4v) is 4.28. The molecule has 0 amide bonds. The molecule has 8 heteroatoms. The predicted octanol–water partition coefficient (Wildman–Crippen LogP) is 4.77. The maximum Gasteiger partial charge on any atom is 0.341 e. The Kier molecular flexibility index (Phi) is 6.97. The van der Waals surface area contributed by atoms with Crippen LogP contribution >= 0.6 is 0 Å². The molecule has 160 valence electrons. The molecule has 5 nitrogen and oxygen atoms in total. The van der Waals surface area contributed by atoms with Crippen molar-refractivity contribution in [1.29, 1.82) is 0 Å². The van der Waals surface area contributed by atoms with Crippen molar-refractivity contribution in [3.8, 4) is 0 Å². The predicted molar refractivity (Wildman–Crippen MR) is 107 cm³/mol. The smallest absolute Gasteiger partial charge is 0.341 e. The largest absolute Gasteiger partial charge is 0.454 e. The summed E-state index contributed by atoms with van der Waals surface area (Å²) in [5, 5.41) is 0. The van der Waals surface area contributed by atoms with E-state index in [1.54, 1.807) is 12.1 Å². The summed E-state index contributed by atoms with van der Waals surface area (Å²) in [7, 11) is -4.73. The van der Waals surface area contributed by atoms with Gasteiger partial charge in [-0.15, -0.1) is 0 Å². The number of esters is 1. The Balaban J connectivity index is 1.57. The van der Waals surface area contributed by atoms with Crippen molar-refractivity contribution < 1.29 is 31.5 Å². The molecule has 0 unspecified atom stereocenters. The molecule has 0 heterocycles. The van der Waals surface area contributed by atoms with Gasteiger partial charge in [0.1, 0.15) is 0 Å². The standard InChI is InChI=1S/C22H22F2O5S/c23-22(24)30(27,28)19-12-10-18(11-13-19)21(26)29-14-20(25)17-8-6-16(7-9-17)15-4-2-1-3-5-15/h6-13,15,22H,1-5,14H2. The van der Waals surface area contributed by atoms with Crippen LogP contribution in [0.1, 0.15) is 64.3 Å². The lowest BCUT2D eigenvalue weighted by molar-refractivity contribution is 0.0474. The Labute approximate surface area is 174 Å². The van der Waals surface area contributed by atoms with Crippen LogP contribution in [-0.4, -0.2) is 32.5 Å². The van der Waals surface area contributed by atoms with Crippen LogP contribution in [0.15, 0.2) is 53.4 Å². The topological polar surface area (TPSA) is 77.5 Å². The minimum absolute atomic E-state index is 0.0383. The summed E-state index contributed by atoms with van der Waals surface area (Å²) in [6.45, 7) is -0.474. The molecule has 0 aromatic heterocycles. The monoisotopic (exact) mass is 436 g/mol. The third-order valence-electron chi connectivity index (χ3n) is 5.30. The molecule has 30 heavy (non-hydrogen) atoms. The van der Waals surface area contributed by atoms with Crippen LogP contribution in [0.2, 0.25) is 0 Å². The van der Waals surface area contributed by atoms with E-state index in [1.165, 1.54) is 24.8 Å². The number of hydrogen-bond donors (Lipinski definition) is 0. The van der Waals surface area contributed by atoms with Crippen LogP contribution in [0, 0.1) is 0 Å². The van der Waals surface area contributed by atoms with Gasteiger partial charge in [0.05, 0.1) is 10.5 Å². The van der Waals surface area contributed by atoms with Gasteiger partial charge in [0, 0.05) is 5.56 Å². The summed E-state index contributed by atoms with van der Waals surface area (Å²) < 4.78 is 52.9. The fraction of sp³-hybridized carbons (Fsp3) is 0.364. The van der Waals surface area contributed by atoms with E-state index in [-0.39, 0.29) is 11.3 Å². The molecule has 0 saturated heterocycles. The highest BCUT2D eigenvalue weighted by molar-refractivity contribution is 7.91. The van der Waals surface area contributed by atoms with Crippen LogP contribution in [-0.2, 0) is 14.6 Å². The van der Waals surface area contributed by atoms with Gasteiger partial charge in [-0.2, -0.15) is 8.78 Å². The second-order valence-corrected chi connectivity index (χ2v) is 9.20. The van der Waals surface area contributed by atoms with Crippen molar-refractivity contribution >= 4 is 21.6 Å². The molecule has 1 fully saturated rings. The quantitative estimate of drug-likeness (QED) is 0.462. The van der Waals surface area contributed by atoms with Crippen molar-refractivity contribution in [3.05, 3.63) is 65.2 Å². The lowest BCUT2D eigenvalue weighted by Crippen LogP contribution is -2.15. The molecule has 0 bridgehead atoms. The molecule has 3 rings (SSSR count). The maximum absolute atomic E-state index is 12.5. The number of alkyl halides is 2. The molecule has 2 aromatic rings. The van der Waals surface area contributed by atoms with Crippen molar-refractivity contribution in [2.45, 2.75) is 48.7 Å². The van der Waals surface area contributed by atoms with Gasteiger partial charge in [-0.3, -0.25) is 4.79 Å². The number of sulfone groups is 1. The van der Waals surface area contributed by atoms with Gasteiger partial charge in [-0.05, 0) is 48.6 Å². The number of benzene rings is 2. The zero-order valence-corrected chi connectivity index (χ0v) is 17.0. The summed E-state index contributed by atoms with van der Waals surface area (Å²) in [6, 6.07) is 11.3. The number of halogens is 2. The lowest BCUT2D eigenvalue weighted by atomic mass is 9.84. The van der Waals surface area contributed by atoms with Gasteiger partial charge < -0.3 is 4.74 Å². The molecule has 0 N–H and O–H groups in total. The molecule has 0 atom stereocenters. The average molecular weight is 436 g/mol. The molecule has 1 saturated carbocycles. The lowest BCUT2D eigenvalue weighted by Gasteiger charge is -2.22. The van der Waals surface area contributed by atoms with Crippen LogP contribution in [0.3, 0.4) is 0 Å². The second kappa shape index (κ2) is 9.47. The molecule has 0 aliphatic heterocycles. The van der Waals surface area contributed by atoms with E-state index in [0.29, 0.717) is 11.5 Å². The fourth-order valence-electron chi connectivity index (χ4n) is 3.56. The molecule has 1 aliphatic rings. The first-order valence-corrected chi connectivity index (χ1v) is 11.3. The van der Waals surface area contributed by atoms with Crippen LogP contribution in [0.5, 0.6) is 0 Å².